The molecule has 0 spiro atoms. The highest BCUT2D eigenvalue weighted by Crippen LogP contribution is 2.22. The second-order valence-electron chi connectivity index (χ2n) is 7.98. The van der Waals surface area contributed by atoms with Crippen molar-refractivity contribution in [2.24, 2.45) is 5.92 Å². The van der Waals surface area contributed by atoms with Crippen LogP contribution in [0.4, 0.5) is 5.69 Å². The summed E-state index contributed by atoms with van der Waals surface area (Å²) in [7, 11) is 0. The van der Waals surface area contributed by atoms with Crippen molar-refractivity contribution < 1.29 is 14.3 Å². The number of carbonyl (C=O) groups excluding carboxylic acids is 2. The number of amides is 2. The van der Waals surface area contributed by atoms with Gasteiger partial charge in [0, 0.05) is 24.7 Å². The zero-order valence-corrected chi connectivity index (χ0v) is 17.3. The zero-order chi connectivity index (χ0) is 20.8. The van der Waals surface area contributed by atoms with Crippen LogP contribution in [0.1, 0.15) is 12.8 Å². The summed E-state index contributed by atoms with van der Waals surface area (Å²) in [4.78, 5) is 29.1. The minimum Gasteiger partial charge on any atom is -0.378 e. The van der Waals surface area contributed by atoms with Crippen LogP contribution in [-0.4, -0.2) is 67.6 Å². The maximum atomic E-state index is 12.6. The number of hydrogen-bond donors (Lipinski definition) is 1. The molecule has 1 N–H and O–H groups in total. The first-order chi connectivity index (χ1) is 14.7. The van der Waals surface area contributed by atoms with Gasteiger partial charge in [-0.2, -0.15) is 0 Å². The SMILES string of the molecule is O=C(CN1CCC(C(=O)N2CCOCC2)CC1)Nc1ccc(-c2ccccc2)cc1. The van der Waals surface area contributed by atoms with Crippen LogP contribution in [-0.2, 0) is 14.3 Å². The number of anilines is 1. The van der Waals surface area contributed by atoms with E-state index in [2.05, 4.69) is 22.3 Å². The van der Waals surface area contributed by atoms with E-state index in [1.54, 1.807) is 0 Å². The molecule has 0 bridgehead atoms. The van der Waals surface area contributed by atoms with E-state index in [1.807, 2.05) is 47.4 Å². The van der Waals surface area contributed by atoms with Crippen molar-refractivity contribution in [3.8, 4) is 11.1 Å². The summed E-state index contributed by atoms with van der Waals surface area (Å²) < 4.78 is 5.33. The molecule has 2 saturated heterocycles. The number of piperidine rings is 1. The predicted octanol–water partition coefficient (Wildman–Crippen LogP) is 2.86. The lowest BCUT2D eigenvalue weighted by Gasteiger charge is -2.35. The van der Waals surface area contributed by atoms with Crippen LogP contribution in [0.15, 0.2) is 54.6 Å². The molecule has 2 aliphatic heterocycles. The smallest absolute Gasteiger partial charge is 0.238 e. The number of benzene rings is 2. The second-order valence-corrected chi connectivity index (χ2v) is 7.98. The maximum absolute atomic E-state index is 12.6. The Morgan fingerprint density at radius 3 is 2.17 bits per heavy atom. The third kappa shape index (κ3) is 5.26. The highest BCUT2D eigenvalue weighted by molar-refractivity contribution is 5.92. The van der Waals surface area contributed by atoms with Gasteiger partial charge in [0.1, 0.15) is 0 Å². The first kappa shape index (κ1) is 20.6. The molecule has 6 nitrogen and oxygen atoms in total. The highest BCUT2D eigenvalue weighted by atomic mass is 16.5. The molecule has 2 aromatic rings. The fourth-order valence-corrected chi connectivity index (χ4v) is 4.16. The molecule has 2 heterocycles. The zero-order valence-electron chi connectivity index (χ0n) is 17.3. The Labute approximate surface area is 177 Å². The molecule has 158 valence electrons. The van der Waals surface area contributed by atoms with Crippen LogP contribution in [0.25, 0.3) is 11.1 Å². The summed E-state index contributed by atoms with van der Waals surface area (Å²) in [6.45, 7) is 4.59. The average Bonchev–Trinajstić information content (AvgIpc) is 2.81. The minimum absolute atomic E-state index is 0.0135. The Bertz CT molecular complexity index is 840. The molecule has 2 fully saturated rings. The van der Waals surface area contributed by atoms with E-state index in [1.165, 1.54) is 0 Å². The van der Waals surface area contributed by atoms with Gasteiger partial charge in [-0.05, 0) is 49.2 Å². The molecule has 6 heteroatoms. The van der Waals surface area contributed by atoms with E-state index in [9.17, 15) is 9.59 Å². The lowest BCUT2D eigenvalue weighted by Crippen LogP contribution is -2.47. The van der Waals surface area contributed by atoms with Crippen molar-refractivity contribution >= 4 is 17.5 Å². The van der Waals surface area contributed by atoms with Crippen LogP contribution in [0.3, 0.4) is 0 Å². The van der Waals surface area contributed by atoms with Gasteiger partial charge >= 0.3 is 0 Å². The topological polar surface area (TPSA) is 61.9 Å². The van der Waals surface area contributed by atoms with Crippen molar-refractivity contribution in [1.82, 2.24) is 9.80 Å². The van der Waals surface area contributed by atoms with Crippen LogP contribution >= 0.6 is 0 Å². The van der Waals surface area contributed by atoms with E-state index >= 15 is 0 Å². The fourth-order valence-electron chi connectivity index (χ4n) is 4.16. The molecular weight excluding hydrogens is 378 g/mol. The summed E-state index contributed by atoms with van der Waals surface area (Å²) in [6.07, 6.45) is 1.63. The quantitative estimate of drug-likeness (QED) is 0.828. The molecule has 0 radical (unpaired) electrons. The molecule has 2 amide bonds. The summed E-state index contributed by atoms with van der Waals surface area (Å²) in [5.74, 6) is 0.314. The van der Waals surface area contributed by atoms with Gasteiger partial charge in [-0.15, -0.1) is 0 Å². The van der Waals surface area contributed by atoms with E-state index in [0.717, 1.165) is 42.7 Å². The number of nitrogens with zero attached hydrogens (tertiary/aromatic N) is 2. The van der Waals surface area contributed by atoms with Gasteiger partial charge in [0.2, 0.25) is 11.8 Å². The Kier molecular flexibility index (Phi) is 6.77. The number of carbonyl (C=O) groups is 2. The van der Waals surface area contributed by atoms with Gasteiger partial charge in [0.05, 0.1) is 19.8 Å². The van der Waals surface area contributed by atoms with Gasteiger partial charge < -0.3 is 15.0 Å². The Morgan fingerprint density at radius 2 is 1.50 bits per heavy atom. The lowest BCUT2D eigenvalue weighted by atomic mass is 9.95. The summed E-state index contributed by atoms with van der Waals surface area (Å²) in [5.41, 5.74) is 3.09. The first-order valence-electron chi connectivity index (χ1n) is 10.7. The molecule has 0 saturated carbocycles. The van der Waals surface area contributed by atoms with Crippen LogP contribution in [0.2, 0.25) is 0 Å². The average molecular weight is 408 g/mol. The van der Waals surface area contributed by atoms with Crippen LogP contribution in [0.5, 0.6) is 0 Å². The monoisotopic (exact) mass is 407 g/mol. The van der Waals surface area contributed by atoms with Crippen molar-refractivity contribution in [1.29, 1.82) is 0 Å². The second kappa shape index (κ2) is 9.87. The fraction of sp³-hybridized carbons (Fsp3) is 0.417. The van der Waals surface area contributed by atoms with Crippen molar-refractivity contribution in [3.63, 3.8) is 0 Å². The molecule has 2 aliphatic rings. The highest BCUT2D eigenvalue weighted by Gasteiger charge is 2.29. The van der Waals surface area contributed by atoms with Crippen molar-refractivity contribution in [2.75, 3.05) is 51.3 Å². The third-order valence-electron chi connectivity index (χ3n) is 5.90. The molecule has 2 aromatic carbocycles. The van der Waals surface area contributed by atoms with E-state index in [-0.39, 0.29) is 17.7 Å². The maximum Gasteiger partial charge on any atom is 0.238 e. The van der Waals surface area contributed by atoms with Gasteiger partial charge in [0.15, 0.2) is 0 Å². The van der Waals surface area contributed by atoms with Gasteiger partial charge in [0.25, 0.3) is 0 Å². The number of rotatable bonds is 5. The summed E-state index contributed by atoms with van der Waals surface area (Å²) in [6, 6.07) is 18.1. The molecule has 4 rings (SSSR count). The predicted molar refractivity (Wildman–Crippen MR) is 117 cm³/mol. The van der Waals surface area contributed by atoms with Gasteiger partial charge in [-0.1, -0.05) is 42.5 Å². The molecule has 0 atom stereocenters. The summed E-state index contributed by atoms with van der Waals surface area (Å²) >= 11 is 0. The number of hydrogen-bond acceptors (Lipinski definition) is 4. The number of likely N-dealkylation sites (tertiary alicyclic amines) is 1. The molecule has 0 aromatic heterocycles. The van der Waals surface area contributed by atoms with E-state index < -0.39 is 0 Å². The standard InChI is InChI=1S/C24H29N3O3/c28-23(25-22-8-6-20(7-9-22)19-4-2-1-3-5-19)18-26-12-10-21(11-13-26)24(29)27-14-16-30-17-15-27/h1-9,21H,10-18H2,(H,25,28). The molecule has 0 aliphatic carbocycles. The lowest BCUT2D eigenvalue weighted by molar-refractivity contribution is -0.141. The van der Waals surface area contributed by atoms with Gasteiger partial charge in [-0.3, -0.25) is 14.5 Å². The van der Waals surface area contributed by atoms with Crippen molar-refractivity contribution in [2.45, 2.75) is 12.8 Å². The Hall–Kier alpha value is -2.70. The normalized spacial score (nSPS) is 18.2. The van der Waals surface area contributed by atoms with E-state index in [0.29, 0.717) is 32.8 Å². The molecular formula is C24H29N3O3. The summed E-state index contributed by atoms with van der Waals surface area (Å²) in [5, 5.41) is 2.98. The Morgan fingerprint density at radius 1 is 0.867 bits per heavy atom. The third-order valence-corrected chi connectivity index (χ3v) is 5.90. The van der Waals surface area contributed by atoms with Gasteiger partial charge in [-0.25, -0.2) is 0 Å². The number of ether oxygens (including phenoxy) is 1. The number of morpholine rings is 1. The molecule has 30 heavy (non-hydrogen) atoms. The largest absolute Gasteiger partial charge is 0.378 e. The number of nitrogens with one attached hydrogen (secondary N) is 1. The van der Waals surface area contributed by atoms with Crippen LogP contribution < -0.4 is 5.32 Å². The van der Waals surface area contributed by atoms with Crippen LogP contribution in [0, 0.1) is 5.92 Å². The molecule has 0 unspecified atom stereocenters. The minimum atomic E-state index is -0.0135. The first-order valence-corrected chi connectivity index (χ1v) is 10.7. The Balaban J connectivity index is 1.23. The van der Waals surface area contributed by atoms with Crippen molar-refractivity contribution in [3.05, 3.63) is 54.6 Å². The van der Waals surface area contributed by atoms with E-state index in [4.69, 9.17) is 4.74 Å².